The van der Waals surface area contributed by atoms with Crippen LogP contribution in [0.1, 0.15) is 40.5 Å². The van der Waals surface area contributed by atoms with Crippen LogP contribution in [0.15, 0.2) is 0 Å². The average molecular weight is 314 g/mol. The maximum absolute atomic E-state index is 12.7. The van der Waals surface area contributed by atoms with Crippen LogP contribution in [0.3, 0.4) is 0 Å². The van der Waals surface area contributed by atoms with Gasteiger partial charge in [-0.05, 0) is 24.8 Å². The lowest BCUT2D eigenvalue weighted by Gasteiger charge is -2.49. The van der Waals surface area contributed by atoms with Gasteiger partial charge in [-0.25, -0.2) is 0 Å². The molecule has 1 aliphatic rings. The van der Waals surface area contributed by atoms with Crippen molar-refractivity contribution in [2.24, 2.45) is 17.8 Å². The van der Waals surface area contributed by atoms with E-state index in [1.54, 1.807) is 26.1 Å². The SMILES string of the molecule is CC[C@@H](C)[C@@H](C)C1OC(OC)(C(=O)N(C)C)CC(C)C1NC. The van der Waals surface area contributed by atoms with Crippen molar-refractivity contribution in [1.82, 2.24) is 10.2 Å². The van der Waals surface area contributed by atoms with E-state index in [9.17, 15) is 4.79 Å². The highest BCUT2D eigenvalue weighted by Crippen LogP contribution is 2.39. The van der Waals surface area contributed by atoms with Crippen LogP contribution in [0.4, 0.5) is 0 Å². The zero-order valence-corrected chi connectivity index (χ0v) is 15.5. The summed E-state index contributed by atoms with van der Waals surface area (Å²) in [5.74, 6) is -0.121. The van der Waals surface area contributed by atoms with Gasteiger partial charge in [0.2, 0.25) is 5.79 Å². The summed E-state index contributed by atoms with van der Waals surface area (Å²) in [5.41, 5.74) is 0. The fourth-order valence-electron chi connectivity index (χ4n) is 3.49. The van der Waals surface area contributed by atoms with Gasteiger partial charge in [0, 0.05) is 33.7 Å². The highest BCUT2D eigenvalue weighted by atomic mass is 16.7. The summed E-state index contributed by atoms with van der Waals surface area (Å²) in [7, 11) is 7.02. The first-order valence-corrected chi connectivity index (χ1v) is 8.36. The van der Waals surface area contributed by atoms with Crippen LogP contribution in [0, 0.1) is 17.8 Å². The van der Waals surface area contributed by atoms with Crippen molar-refractivity contribution in [3.8, 4) is 0 Å². The van der Waals surface area contributed by atoms with Crippen molar-refractivity contribution < 1.29 is 14.3 Å². The van der Waals surface area contributed by atoms with Gasteiger partial charge in [0.05, 0.1) is 6.10 Å². The van der Waals surface area contributed by atoms with Crippen LogP contribution in [0.5, 0.6) is 0 Å². The Kier molecular flexibility index (Phi) is 6.84. The average Bonchev–Trinajstić information content (AvgIpc) is 2.51. The van der Waals surface area contributed by atoms with Gasteiger partial charge >= 0.3 is 0 Å². The monoisotopic (exact) mass is 314 g/mol. The van der Waals surface area contributed by atoms with Gasteiger partial charge in [0.1, 0.15) is 0 Å². The van der Waals surface area contributed by atoms with Crippen LogP contribution >= 0.6 is 0 Å². The van der Waals surface area contributed by atoms with Gasteiger partial charge in [-0.2, -0.15) is 0 Å². The Balaban J connectivity index is 3.14. The molecule has 22 heavy (non-hydrogen) atoms. The quantitative estimate of drug-likeness (QED) is 0.816. The number of likely N-dealkylation sites (N-methyl/N-ethyl adjacent to an activating group) is 2. The number of hydrogen-bond acceptors (Lipinski definition) is 4. The Hall–Kier alpha value is -0.650. The van der Waals surface area contributed by atoms with Gasteiger partial charge in [0.25, 0.3) is 5.91 Å². The molecule has 0 aromatic carbocycles. The van der Waals surface area contributed by atoms with Crippen molar-refractivity contribution in [1.29, 1.82) is 0 Å². The van der Waals surface area contributed by atoms with E-state index in [1.807, 2.05) is 7.05 Å². The first-order valence-electron chi connectivity index (χ1n) is 8.36. The van der Waals surface area contributed by atoms with Crippen LogP contribution in [0.2, 0.25) is 0 Å². The smallest absolute Gasteiger partial charge is 0.282 e. The molecule has 1 saturated heterocycles. The molecule has 1 fully saturated rings. The molecule has 1 N–H and O–H groups in total. The summed E-state index contributed by atoms with van der Waals surface area (Å²) < 4.78 is 11.9. The molecule has 5 heteroatoms. The second-order valence-corrected chi connectivity index (χ2v) is 6.98. The van der Waals surface area contributed by atoms with Gasteiger partial charge < -0.3 is 19.7 Å². The van der Waals surface area contributed by atoms with E-state index in [4.69, 9.17) is 9.47 Å². The Labute approximate surface area is 135 Å². The molecule has 1 amide bonds. The number of methoxy groups -OCH3 is 1. The van der Waals surface area contributed by atoms with E-state index in [2.05, 4.69) is 33.0 Å². The number of carbonyl (C=O) groups excluding carboxylic acids is 1. The Morgan fingerprint density at radius 3 is 2.45 bits per heavy atom. The molecule has 0 aliphatic carbocycles. The van der Waals surface area contributed by atoms with E-state index in [0.29, 0.717) is 24.2 Å². The lowest BCUT2D eigenvalue weighted by atomic mass is 9.77. The molecular formula is C17H34N2O3. The Morgan fingerprint density at radius 2 is 2.05 bits per heavy atom. The molecule has 130 valence electrons. The largest absolute Gasteiger partial charge is 0.345 e. The van der Waals surface area contributed by atoms with E-state index < -0.39 is 5.79 Å². The lowest BCUT2D eigenvalue weighted by Crippen LogP contribution is -2.63. The lowest BCUT2D eigenvalue weighted by molar-refractivity contribution is -0.283. The van der Waals surface area contributed by atoms with Gasteiger partial charge in [-0.1, -0.05) is 34.1 Å². The second kappa shape index (κ2) is 7.75. The van der Waals surface area contributed by atoms with Crippen molar-refractivity contribution in [3.63, 3.8) is 0 Å². The van der Waals surface area contributed by atoms with E-state index in [-0.39, 0.29) is 18.1 Å². The first kappa shape index (κ1) is 19.4. The number of ether oxygens (including phenoxy) is 2. The summed E-state index contributed by atoms with van der Waals surface area (Å²) in [5, 5.41) is 3.39. The highest BCUT2D eigenvalue weighted by Gasteiger charge is 2.52. The fourth-order valence-corrected chi connectivity index (χ4v) is 3.49. The summed E-state index contributed by atoms with van der Waals surface area (Å²) in [6, 6.07) is 0.224. The molecule has 1 aliphatic heterocycles. The molecule has 1 rings (SSSR count). The highest BCUT2D eigenvalue weighted by molar-refractivity contribution is 5.83. The molecule has 4 unspecified atom stereocenters. The third kappa shape index (κ3) is 3.63. The third-order valence-electron chi connectivity index (χ3n) is 5.34. The van der Waals surface area contributed by atoms with Gasteiger partial charge in [-0.3, -0.25) is 4.79 Å². The molecule has 0 bridgehead atoms. The molecule has 0 aromatic heterocycles. The van der Waals surface area contributed by atoms with Crippen molar-refractivity contribution in [2.45, 2.75) is 58.5 Å². The number of nitrogens with zero attached hydrogens (tertiary/aromatic N) is 1. The van der Waals surface area contributed by atoms with E-state index in [1.165, 1.54) is 0 Å². The van der Waals surface area contributed by atoms with Crippen LogP contribution in [0.25, 0.3) is 0 Å². The topological polar surface area (TPSA) is 50.8 Å². The Morgan fingerprint density at radius 1 is 1.45 bits per heavy atom. The predicted octanol–water partition coefficient (Wildman–Crippen LogP) is 2.11. The summed E-state index contributed by atoms with van der Waals surface area (Å²) >= 11 is 0. The van der Waals surface area contributed by atoms with E-state index in [0.717, 1.165) is 6.42 Å². The van der Waals surface area contributed by atoms with Crippen LogP contribution in [-0.2, 0) is 14.3 Å². The molecule has 1 heterocycles. The van der Waals surface area contributed by atoms with Gasteiger partial charge in [-0.15, -0.1) is 0 Å². The van der Waals surface area contributed by atoms with Crippen LogP contribution in [-0.4, -0.2) is 57.0 Å². The van der Waals surface area contributed by atoms with Crippen molar-refractivity contribution in [3.05, 3.63) is 0 Å². The number of rotatable bonds is 6. The van der Waals surface area contributed by atoms with Gasteiger partial charge in [0.15, 0.2) is 0 Å². The molecule has 5 nitrogen and oxygen atoms in total. The maximum atomic E-state index is 12.7. The number of carbonyl (C=O) groups is 1. The van der Waals surface area contributed by atoms with Crippen LogP contribution < -0.4 is 5.32 Å². The first-order chi connectivity index (χ1) is 10.2. The number of amides is 1. The predicted molar refractivity (Wildman–Crippen MR) is 88.6 cm³/mol. The second-order valence-electron chi connectivity index (χ2n) is 6.98. The minimum Gasteiger partial charge on any atom is -0.345 e. The van der Waals surface area contributed by atoms with E-state index >= 15 is 0 Å². The summed E-state index contributed by atoms with van der Waals surface area (Å²) in [6.07, 6.45) is 1.61. The van der Waals surface area contributed by atoms with Crippen molar-refractivity contribution >= 4 is 5.91 Å². The van der Waals surface area contributed by atoms with Crippen molar-refractivity contribution in [2.75, 3.05) is 28.3 Å². The minimum absolute atomic E-state index is 0.0486. The fraction of sp³-hybridized carbons (Fsp3) is 0.941. The minimum atomic E-state index is -1.16. The zero-order chi connectivity index (χ0) is 17.1. The number of nitrogens with one attached hydrogen (secondary N) is 1. The summed E-state index contributed by atoms with van der Waals surface area (Å²) in [6.45, 7) is 8.80. The molecule has 0 radical (unpaired) electrons. The maximum Gasteiger partial charge on any atom is 0.282 e. The normalized spacial score (nSPS) is 35.0. The molecule has 0 spiro atoms. The third-order valence-corrected chi connectivity index (χ3v) is 5.34. The zero-order valence-electron chi connectivity index (χ0n) is 15.5. The molecule has 0 saturated carbocycles. The molecular weight excluding hydrogens is 280 g/mol. The summed E-state index contributed by atoms with van der Waals surface area (Å²) in [4.78, 5) is 14.2. The molecule has 6 atom stereocenters. The molecule has 0 aromatic rings. The Bertz CT molecular complexity index is 375. The number of hydrogen-bond donors (Lipinski definition) is 1. The standard InChI is InChI=1S/C17H34N2O3/c1-9-11(2)13(4)15-14(18-5)12(3)10-17(21-8,22-15)16(20)19(6)7/h11-15,18H,9-10H2,1-8H3/t11-,12?,13-,14?,15?,17?/m1/s1.